The van der Waals surface area contributed by atoms with Crippen molar-refractivity contribution in [3.63, 3.8) is 0 Å². The highest BCUT2D eigenvalue weighted by Crippen LogP contribution is 2.48. The molecule has 0 spiro atoms. The zero-order chi connectivity index (χ0) is 43.3. The first-order valence-electron chi connectivity index (χ1n) is 22.5. The molecular weight excluding hydrogens is 805 g/mol. The number of aromatic nitrogens is 1. The van der Waals surface area contributed by atoms with Crippen molar-refractivity contribution in [3.8, 4) is 27.9 Å². The van der Waals surface area contributed by atoms with Gasteiger partial charge < -0.3 is 18.3 Å². The molecule has 4 nitrogen and oxygen atoms in total. The average Bonchev–Trinajstić information content (AvgIpc) is 4.06. The molecule has 0 unspecified atom stereocenters. The van der Waals surface area contributed by atoms with E-state index in [4.69, 9.17) is 8.83 Å². The highest BCUT2D eigenvalue weighted by atomic mass is 16.3. The Morgan fingerprint density at radius 1 is 0.318 bits per heavy atom. The second-order valence-corrected chi connectivity index (χ2v) is 17.2. The Morgan fingerprint density at radius 2 is 0.848 bits per heavy atom. The predicted octanol–water partition coefficient (Wildman–Crippen LogP) is 17.7. The Bertz CT molecular complexity index is 4190. The maximum absolute atomic E-state index is 6.94. The van der Waals surface area contributed by atoms with Gasteiger partial charge in [0.1, 0.15) is 22.3 Å². The van der Waals surface area contributed by atoms with Crippen LogP contribution in [0.25, 0.3) is 115 Å². The molecular formula is C62H38N2O2. The van der Waals surface area contributed by atoms with Crippen molar-refractivity contribution in [2.24, 2.45) is 0 Å². The maximum Gasteiger partial charge on any atom is 0.143 e. The van der Waals surface area contributed by atoms with Gasteiger partial charge in [-0.2, -0.15) is 0 Å². The average molecular weight is 843 g/mol. The number of nitrogens with zero attached hydrogens (tertiary/aromatic N) is 2. The Kier molecular flexibility index (Phi) is 7.95. The van der Waals surface area contributed by atoms with E-state index in [0.29, 0.717) is 0 Å². The Balaban J connectivity index is 1.05. The van der Waals surface area contributed by atoms with Crippen LogP contribution in [0.2, 0.25) is 0 Å². The van der Waals surface area contributed by atoms with Crippen LogP contribution in [0, 0.1) is 0 Å². The number of rotatable bonds is 6. The summed E-state index contributed by atoms with van der Waals surface area (Å²) >= 11 is 0. The minimum atomic E-state index is 0.853. The minimum absolute atomic E-state index is 0.853. The molecule has 14 aromatic rings. The fraction of sp³-hybridized carbons (Fsp3) is 0. The van der Waals surface area contributed by atoms with Crippen LogP contribution in [-0.2, 0) is 0 Å². The van der Waals surface area contributed by atoms with Gasteiger partial charge in [0.05, 0.1) is 22.4 Å². The maximum atomic E-state index is 6.94. The molecule has 0 saturated carbocycles. The van der Waals surface area contributed by atoms with Gasteiger partial charge in [-0.05, 0) is 82.4 Å². The van der Waals surface area contributed by atoms with Crippen molar-refractivity contribution < 1.29 is 8.83 Å². The van der Waals surface area contributed by atoms with Crippen LogP contribution in [0.5, 0.6) is 0 Å². The van der Waals surface area contributed by atoms with E-state index >= 15 is 0 Å². The van der Waals surface area contributed by atoms with E-state index in [0.717, 1.165) is 105 Å². The lowest BCUT2D eigenvalue weighted by atomic mass is 9.96. The van der Waals surface area contributed by atoms with E-state index < -0.39 is 0 Å². The summed E-state index contributed by atoms with van der Waals surface area (Å²) in [6, 6.07) is 82.8. The third-order valence-corrected chi connectivity index (χ3v) is 13.6. The van der Waals surface area contributed by atoms with Gasteiger partial charge in [0.15, 0.2) is 0 Å². The van der Waals surface area contributed by atoms with Gasteiger partial charge in [-0.3, -0.25) is 0 Å². The summed E-state index contributed by atoms with van der Waals surface area (Å²) in [7, 11) is 0. The van der Waals surface area contributed by atoms with Crippen LogP contribution in [0.15, 0.2) is 239 Å². The van der Waals surface area contributed by atoms with E-state index in [9.17, 15) is 0 Å². The molecule has 66 heavy (non-hydrogen) atoms. The monoisotopic (exact) mass is 842 g/mol. The zero-order valence-corrected chi connectivity index (χ0v) is 35.7. The van der Waals surface area contributed by atoms with Crippen molar-refractivity contribution in [2.45, 2.75) is 0 Å². The van der Waals surface area contributed by atoms with Gasteiger partial charge in [0.25, 0.3) is 0 Å². The molecule has 11 aromatic carbocycles. The van der Waals surface area contributed by atoms with E-state index in [2.05, 4.69) is 228 Å². The molecule has 0 fully saturated rings. The summed E-state index contributed by atoms with van der Waals surface area (Å²) in [5.41, 5.74) is 14.3. The molecule has 14 rings (SSSR count). The normalized spacial score (nSPS) is 11.9. The van der Waals surface area contributed by atoms with Crippen LogP contribution in [-0.4, -0.2) is 4.57 Å². The summed E-state index contributed by atoms with van der Waals surface area (Å²) in [5.74, 6) is 0. The van der Waals surface area contributed by atoms with Crippen molar-refractivity contribution in [1.82, 2.24) is 4.57 Å². The van der Waals surface area contributed by atoms with Crippen molar-refractivity contribution in [1.29, 1.82) is 0 Å². The van der Waals surface area contributed by atoms with E-state index in [1.807, 2.05) is 12.1 Å². The number of fused-ring (bicyclic) bond motifs is 12. The summed E-state index contributed by atoms with van der Waals surface area (Å²) in [5, 5.41) is 11.6. The van der Waals surface area contributed by atoms with Crippen LogP contribution in [0.3, 0.4) is 0 Å². The minimum Gasteiger partial charge on any atom is -0.455 e. The summed E-state index contributed by atoms with van der Waals surface area (Å²) in [6.45, 7) is 0. The molecule has 3 heterocycles. The smallest absolute Gasteiger partial charge is 0.143 e. The third kappa shape index (κ3) is 5.45. The molecule has 3 aromatic heterocycles. The van der Waals surface area contributed by atoms with Crippen LogP contribution >= 0.6 is 0 Å². The summed E-state index contributed by atoms with van der Waals surface area (Å²) < 4.78 is 15.9. The quantitative estimate of drug-likeness (QED) is 0.156. The van der Waals surface area contributed by atoms with Gasteiger partial charge in [-0.25, -0.2) is 0 Å². The molecule has 0 saturated heterocycles. The van der Waals surface area contributed by atoms with Crippen molar-refractivity contribution in [2.75, 3.05) is 4.90 Å². The topological polar surface area (TPSA) is 34.5 Å². The highest BCUT2D eigenvalue weighted by molar-refractivity contribution is 6.17. The van der Waals surface area contributed by atoms with Crippen molar-refractivity contribution in [3.05, 3.63) is 231 Å². The number of furan rings is 2. The molecule has 0 amide bonds. The van der Waals surface area contributed by atoms with Crippen molar-refractivity contribution >= 4 is 104 Å². The number of hydrogen-bond donors (Lipinski definition) is 0. The zero-order valence-electron chi connectivity index (χ0n) is 35.7. The Hall–Kier alpha value is -8.86. The highest BCUT2D eigenvalue weighted by Gasteiger charge is 2.24. The lowest BCUT2D eigenvalue weighted by Crippen LogP contribution is -2.11. The van der Waals surface area contributed by atoms with Crippen LogP contribution in [0.1, 0.15) is 0 Å². The van der Waals surface area contributed by atoms with Crippen LogP contribution in [0.4, 0.5) is 17.1 Å². The number of anilines is 3. The first-order chi connectivity index (χ1) is 32.7. The fourth-order valence-electron chi connectivity index (χ4n) is 10.6. The first kappa shape index (κ1) is 36.6. The van der Waals surface area contributed by atoms with Gasteiger partial charge in [-0.15, -0.1) is 0 Å². The number of hydrogen-bond acceptors (Lipinski definition) is 3. The van der Waals surface area contributed by atoms with Gasteiger partial charge in [-0.1, -0.05) is 170 Å². The summed E-state index contributed by atoms with van der Waals surface area (Å²) in [4.78, 5) is 2.44. The van der Waals surface area contributed by atoms with E-state index in [1.165, 1.54) is 26.9 Å². The van der Waals surface area contributed by atoms with Crippen LogP contribution < -0.4 is 4.90 Å². The molecule has 0 aliphatic carbocycles. The van der Waals surface area contributed by atoms with E-state index in [-0.39, 0.29) is 0 Å². The van der Waals surface area contributed by atoms with Gasteiger partial charge in [0.2, 0.25) is 0 Å². The predicted molar refractivity (Wildman–Crippen MR) is 276 cm³/mol. The fourth-order valence-corrected chi connectivity index (χ4v) is 10.6. The first-order valence-corrected chi connectivity index (χ1v) is 22.5. The van der Waals surface area contributed by atoms with Gasteiger partial charge in [0, 0.05) is 65.8 Å². The molecule has 308 valence electrons. The van der Waals surface area contributed by atoms with E-state index in [1.54, 1.807) is 0 Å². The molecule has 0 radical (unpaired) electrons. The molecule has 0 N–H and O–H groups in total. The third-order valence-electron chi connectivity index (χ3n) is 13.6. The molecule has 0 aliphatic heterocycles. The SMILES string of the molecule is c1ccc(-n2c3ccccc3c3ccccc32)c(-c2cc(N(c3ccc(-c4cccc5c4oc4ccccc45)cc3)c3cc4ccccc4c4ccccc34)cc3c2oc2ccccc23)c1. The summed E-state index contributed by atoms with van der Waals surface area (Å²) in [6.07, 6.45) is 0. The second kappa shape index (κ2) is 14.3. The number of benzene rings is 11. The lowest BCUT2D eigenvalue weighted by Gasteiger charge is -2.28. The second-order valence-electron chi connectivity index (χ2n) is 17.2. The van der Waals surface area contributed by atoms with Gasteiger partial charge >= 0.3 is 0 Å². The molecule has 0 atom stereocenters. The largest absolute Gasteiger partial charge is 0.455 e. The number of para-hydroxylation sites is 6. The molecule has 4 heteroatoms. The standard InChI is InChI=1S/C62H38N2O2/c1-2-17-43-40(16-1)36-58(46-19-4-3-18-45(43)46)63(41-34-32-39(33-35-41)44-25-15-26-52-50-23-8-13-30-59(50)65-61(44)52)42-37-53(62-54(38-42)51-24-9-14-31-60(51)66-62)49-22-7-12-29-57(49)64-55-27-10-5-20-47(55)48-21-6-11-28-56(48)64/h1-38H. The Morgan fingerprint density at radius 3 is 1.58 bits per heavy atom. The molecule has 0 aliphatic rings. The Labute approximate surface area is 379 Å². The molecule has 0 bridgehead atoms. The lowest BCUT2D eigenvalue weighted by molar-refractivity contribution is 0.669.